The second-order valence-corrected chi connectivity index (χ2v) is 7.27. The molecule has 150 valence electrons. The van der Waals surface area contributed by atoms with Crippen LogP contribution in [-0.2, 0) is 13.1 Å². The first kappa shape index (κ1) is 19.1. The number of imidazole rings is 1. The minimum Gasteiger partial charge on any atom is -0.368 e. The van der Waals surface area contributed by atoms with Gasteiger partial charge in [-0.25, -0.2) is 4.98 Å². The topological polar surface area (TPSA) is 48.7 Å². The molecule has 29 heavy (non-hydrogen) atoms. The van der Waals surface area contributed by atoms with Crippen molar-refractivity contribution in [3.05, 3.63) is 84.4 Å². The van der Waals surface area contributed by atoms with Crippen LogP contribution >= 0.6 is 0 Å². The van der Waals surface area contributed by atoms with Crippen molar-refractivity contribution < 1.29 is 0 Å². The van der Waals surface area contributed by atoms with Gasteiger partial charge in [-0.05, 0) is 23.3 Å². The van der Waals surface area contributed by atoms with Crippen LogP contribution in [0.1, 0.15) is 11.1 Å². The lowest BCUT2D eigenvalue weighted by atomic mass is 10.1. The molecular formula is C23H28N6. The second kappa shape index (κ2) is 9.28. The average Bonchev–Trinajstić information content (AvgIpc) is 3.29. The molecule has 1 aliphatic rings. The van der Waals surface area contributed by atoms with E-state index in [0.717, 1.165) is 45.2 Å². The number of rotatable bonds is 5. The van der Waals surface area contributed by atoms with E-state index in [0.29, 0.717) is 0 Å². The van der Waals surface area contributed by atoms with E-state index in [4.69, 9.17) is 0 Å². The highest BCUT2D eigenvalue weighted by Crippen LogP contribution is 2.15. The fourth-order valence-electron chi connectivity index (χ4n) is 3.76. The molecule has 0 amide bonds. The van der Waals surface area contributed by atoms with Gasteiger partial charge in [0.2, 0.25) is 0 Å². The Bertz CT molecular complexity index is 912. The molecule has 0 radical (unpaired) electrons. The summed E-state index contributed by atoms with van der Waals surface area (Å²) in [5.41, 5.74) is 3.82. The van der Waals surface area contributed by atoms with Crippen molar-refractivity contribution in [2.24, 2.45) is 4.99 Å². The van der Waals surface area contributed by atoms with E-state index in [2.05, 4.69) is 84.3 Å². The summed E-state index contributed by atoms with van der Waals surface area (Å²) in [4.78, 5) is 13.4. The van der Waals surface area contributed by atoms with Gasteiger partial charge in [0.1, 0.15) is 0 Å². The van der Waals surface area contributed by atoms with Crippen molar-refractivity contribution in [2.45, 2.75) is 13.1 Å². The van der Waals surface area contributed by atoms with Crippen molar-refractivity contribution in [3.63, 3.8) is 0 Å². The predicted molar refractivity (Wildman–Crippen MR) is 118 cm³/mol. The Hall–Kier alpha value is -3.28. The van der Waals surface area contributed by atoms with Crippen molar-refractivity contribution in [1.29, 1.82) is 0 Å². The van der Waals surface area contributed by atoms with Crippen molar-refractivity contribution in [2.75, 3.05) is 38.1 Å². The fourth-order valence-corrected chi connectivity index (χ4v) is 3.76. The van der Waals surface area contributed by atoms with Crippen molar-refractivity contribution in [1.82, 2.24) is 19.8 Å². The number of hydrogen-bond acceptors (Lipinski definition) is 3. The van der Waals surface area contributed by atoms with Gasteiger partial charge in [-0.1, -0.05) is 42.5 Å². The Kier molecular flexibility index (Phi) is 6.10. The van der Waals surface area contributed by atoms with E-state index < -0.39 is 0 Å². The monoisotopic (exact) mass is 388 g/mol. The summed E-state index contributed by atoms with van der Waals surface area (Å²) in [5.74, 6) is 0.970. The van der Waals surface area contributed by atoms with Gasteiger partial charge >= 0.3 is 0 Å². The molecular weight excluding hydrogens is 360 g/mol. The van der Waals surface area contributed by atoms with E-state index in [1.165, 1.54) is 16.8 Å². The van der Waals surface area contributed by atoms with E-state index in [1.54, 1.807) is 0 Å². The molecule has 0 bridgehead atoms. The third-order valence-corrected chi connectivity index (χ3v) is 5.28. The van der Waals surface area contributed by atoms with Gasteiger partial charge in [-0.3, -0.25) is 4.99 Å². The Balaban J connectivity index is 1.31. The number of benzene rings is 2. The molecule has 1 saturated heterocycles. The quantitative estimate of drug-likeness (QED) is 0.539. The molecule has 2 heterocycles. The summed E-state index contributed by atoms with van der Waals surface area (Å²) in [5, 5.41) is 3.53. The van der Waals surface area contributed by atoms with Crippen LogP contribution in [0, 0.1) is 0 Å². The number of aliphatic imine (C=N–C) groups is 1. The van der Waals surface area contributed by atoms with Crippen LogP contribution in [0.15, 0.2) is 78.3 Å². The van der Waals surface area contributed by atoms with Gasteiger partial charge in [-0.2, -0.15) is 0 Å². The lowest BCUT2D eigenvalue weighted by Gasteiger charge is -2.37. The number of piperazine rings is 1. The predicted octanol–water partition coefficient (Wildman–Crippen LogP) is 2.83. The normalized spacial score (nSPS) is 14.9. The molecule has 3 aromatic rings. The number of para-hydroxylation sites is 1. The summed E-state index contributed by atoms with van der Waals surface area (Å²) >= 11 is 0. The van der Waals surface area contributed by atoms with Crippen LogP contribution in [0.3, 0.4) is 0 Å². The summed E-state index contributed by atoms with van der Waals surface area (Å²) in [6, 6.07) is 19.3. The largest absolute Gasteiger partial charge is 0.368 e. The lowest BCUT2D eigenvalue weighted by Crippen LogP contribution is -2.52. The van der Waals surface area contributed by atoms with Gasteiger partial charge in [0.15, 0.2) is 5.96 Å². The first-order valence-electron chi connectivity index (χ1n) is 10.1. The van der Waals surface area contributed by atoms with Gasteiger partial charge in [0.05, 0.1) is 6.33 Å². The van der Waals surface area contributed by atoms with Crippen LogP contribution < -0.4 is 10.2 Å². The Morgan fingerprint density at radius 3 is 2.52 bits per heavy atom. The zero-order valence-corrected chi connectivity index (χ0v) is 16.9. The lowest BCUT2D eigenvalue weighted by molar-refractivity contribution is 0.372. The molecule has 1 fully saturated rings. The van der Waals surface area contributed by atoms with Crippen molar-refractivity contribution in [3.8, 4) is 0 Å². The fraction of sp³-hybridized carbons (Fsp3) is 0.304. The summed E-state index contributed by atoms with van der Waals surface area (Å²) in [7, 11) is 1.86. The smallest absolute Gasteiger partial charge is 0.194 e. The van der Waals surface area contributed by atoms with Crippen LogP contribution in [0.5, 0.6) is 0 Å². The molecule has 2 aromatic carbocycles. The molecule has 1 N–H and O–H groups in total. The summed E-state index contributed by atoms with van der Waals surface area (Å²) in [6.45, 7) is 5.55. The first-order chi connectivity index (χ1) is 14.3. The zero-order valence-electron chi connectivity index (χ0n) is 16.9. The second-order valence-electron chi connectivity index (χ2n) is 7.27. The number of nitrogens with one attached hydrogen (secondary N) is 1. The standard InChI is InChI=1S/C23H28N6/c1-24-23(29-14-12-28(13-15-29)22-8-3-2-4-9-22)26-17-20-6-5-7-21(16-20)18-27-11-10-25-19-27/h2-11,16,19H,12-15,17-18H2,1H3,(H,24,26). The Morgan fingerprint density at radius 2 is 1.79 bits per heavy atom. The highest BCUT2D eigenvalue weighted by atomic mass is 15.3. The van der Waals surface area contributed by atoms with Gasteiger partial charge in [0.25, 0.3) is 0 Å². The highest BCUT2D eigenvalue weighted by molar-refractivity contribution is 5.80. The highest BCUT2D eigenvalue weighted by Gasteiger charge is 2.19. The molecule has 0 aliphatic carbocycles. The first-order valence-corrected chi connectivity index (χ1v) is 10.1. The molecule has 4 rings (SSSR count). The van der Waals surface area contributed by atoms with E-state index in [1.807, 2.05) is 25.8 Å². The van der Waals surface area contributed by atoms with Gasteiger partial charge in [-0.15, -0.1) is 0 Å². The maximum Gasteiger partial charge on any atom is 0.194 e. The molecule has 6 heteroatoms. The molecule has 1 aromatic heterocycles. The number of guanidine groups is 1. The SMILES string of the molecule is CN=C(NCc1cccc(Cn2ccnc2)c1)N1CCN(c2ccccc2)CC1. The maximum atomic E-state index is 4.51. The maximum absolute atomic E-state index is 4.51. The molecule has 0 unspecified atom stereocenters. The number of nitrogens with zero attached hydrogens (tertiary/aromatic N) is 5. The van der Waals surface area contributed by atoms with Gasteiger partial charge < -0.3 is 19.7 Å². The molecule has 0 atom stereocenters. The summed E-state index contributed by atoms with van der Waals surface area (Å²) in [6.07, 6.45) is 5.65. The van der Waals surface area contributed by atoms with E-state index in [9.17, 15) is 0 Å². The molecule has 0 saturated carbocycles. The Morgan fingerprint density at radius 1 is 1.00 bits per heavy atom. The van der Waals surface area contributed by atoms with Crippen LogP contribution in [0.2, 0.25) is 0 Å². The average molecular weight is 389 g/mol. The molecule has 0 spiro atoms. The van der Waals surface area contributed by atoms with E-state index in [-0.39, 0.29) is 0 Å². The van der Waals surface area contributed by atoms with Crippen LogP contribution in [-0.4, -0.2) is 53.6 Å². The zero-order chi connectivity index (χ0) is 19.9. The van der Waals surface area contributed by atoms with Crippen LogP contribution in [0.4, 0.5) is 5.69 Å². The van der Waals surface area contributed by atoms with Gasteiger partial charge in [0, 0.05) is 64.4 Å². The third kappa shape index (κ3) is 4.96. The Labute approximate surface area is 172 Å². The molecule has 6 nitrogen and oxygen atoms in total. The third-order valence-electron chi connectivity index (χ3n) is 5.28. The summed E-state index contributed by atoms with van der Waals surface area (Å²) < 4.78 is 2.08. The number of aromatic nitrogens is 2. The van der Waals surface area contributed by atoms with Crippen molar-refractivity contribution >= 4 is 11.6 Å². The van der Waals surface area contributed by atoms with E-state index >= 15 is 0 Å². The number of anilines is 1. The minimum absolute atomic E-state index is 0.767. The minimum atomic E-state index is 0.767. The van der Waals surface area contributed by atoms with Crippen LogP contribution in [0.25, 0.3) is 0 Å². The molecule has 1 aliphatic heterocycles. The number of hydrogen-bond donors (Lipinski definition) is 1.